The zero-order valence-electron chi connectivity index (χ0n) is 16.9. The lowest BCUT2D eigenvalue weighted by molar-refractivity contribution is 0.122. The average Bonchev–Trinajstić information content (AvgIpc) is 3.26. The summed E-state index contributed by atoms with van der Waals surface area (Å²) in [6.45, 7) is 2.75. The van der Waals surface area contributed by atoms with Crippen molar-refractivity contribution >= 4 is 33.3 Å². The number of nitrogens with one attached hydrogen (secondary N) is 1. The first-order valence-corrected chi connectivity index (χ1v) is 10.8. The van der Waals surface area contributed by atoms with E-state index in [4.69, 9.17) is 4.74 Å². The Hall–Kier alpha value is -3.37. The number of hydrogen-bond acceptors (Lipinski definition) is 7. The van der Waals surface area contributed by atoms with Crippen LogP contribution in [-0.2, 0) is 4.74 Å². The van der Waals surface area contributed by atoms with Crippen LogP contribution in [0.2, 0.25) is 0 Å². The standard InChI is InChI=1S/C22H19BrFN7O/c23-21-26-14-31(29-21)18-3-1-17(2-4-18)27-22-25-6-5-20(28-22)15-11-16(24)13-19(12-15)30-7-9-32-10-8-30/h1-6,11-14H,7-10H2,(H,25,27,28). The fourth-order valence-electron chi connectivity index (χ4n) is 3.50. The van der Waals surface area contributed by atoms with E-state index < -0.39 is 0 Å². The van der Waals surface area contributed by atoms with Gasteiger partial charge in [-0.05, 0) is 64.5 Å². The van der Waals surface area contributed by atoms with E-state index in [1.54, 1.807) is 29.3 Å². The lowest BCUT2D eigenvalue weighted by Crippen LogP contribution is -2.36. The summed E-state index contributed by atoms with van der Waals surface area (Å²) in [5.41, 5.74) is 3.86. The van der Waals surface area contributed by atoms with Gasteiger partial charge in [-0.2, -0.15) is 0 Å². The van der Waals surface area contributed by atoms with E-state index in [0.29, 0.717) is 35.2 Å². The molecule has 0 spiro atoms. The number of nitrogens with zero attached hydrogens (tertiary/aromatic N) is 6. The zero-order valence-corrected chi connectivity index (χ0v) is 18.5. The average molecular weight is 496 g/mol. The highest BCUT2D eigenvalue weighted by molar-refractivity contribution is 9.10. The molecule has 1 aliphatic heterocycles. The summed E-state index contributed by atoms with van der Waals surface area (Å²) < 4.78 is 22.0. The van der Waals surface area contributed by atoms with Crippen LogP contribution in [-0.4, -0.2) is 51.0 Å². The maximum absolute atomic E-state index is 14.4. The molecule has 3 heterocycles. The second kappa shape index (κ2) is 9.01. The van der Waals surface area contributed by atoms with Crippen molar-refractivity contribution in [1.29, 1.82) is 0 Å². The van der Waals surface area contributed by atoms with Gasteiger partial charge >= 0.3 is 0 Å². The number of aromatic nitrogens is 5. The molecule has 4 aromatic rings. The van der Waals surface area contributed by atoms with Gasteiger partial charge in [0.05, 0.1) is 24.6 Å². The van der Waals surface area contributed by atoms with Crippen LogP contribution < -0.4 is 10.2 Å². The van der Waals surface area contributed by atoms with Gasteiger partial charge < -0.3 is 15.0 Å². The molecule has 1 N–H and O–H groups in total. The van der Waals surface area contributed by atoms with Gasteiger partial charge in [0.25, 0.3) is 0 Å². The fraction of sp³-hybridized carbons (Fsp3) is 0.182. The number of hydrogen-bond donors (Lipinski definition) is 1. The Balaban J connectivity index is 1.36. The number of morpholine rings is 1. The van der Waals surface area contributed by atoms with E-state index in [0.717, 1.165) is 30.2 Å². The maximum Gasteiger partial charge on any atom is 0.227 e. The largest absolute Gasteiger partial charge is 0.378 e. The summed E-state index contributed by atoms with van der Waals surface area (Å²) in [6, 6.07) is 14.4. The summed E-state index contributed by atoms with van der Waals surface area (Å²) in [7, 11) is 0. The Morgan fingerprint density at radius 3 is 2.53 bits per heavy atom. The Morgan fingerprint density at radius 1 is 0.969 bits per heavy atom. The number of ether oxygens (including phenoxy) is 1. The highest BCUT2D eigenvalue weighted by atomic mass is 79.9. The van der Waals surface area contributed by atoms with Crippen molar-refractivity contribution in [2.75, 3.05) is 36.5 Å². The topological polar surface area (TPSA) is 81.0 Å². The lowest BCUT2D eigenvalue weighted by Gasteiger charge is -2.29. The van der Waals surface area contributed by atoms with Gasteiger partial charge in [-0.1, -0.05) is 0 Å². The van der Waals surface area contributed by atoms with E-state index in [1.165, 1.54) is 6.07 Å². The van der Waals surface area contributed by atoms with Crippen molar-refractivity contribution in [3.8, 4) is 16.9 Å². The van der Waals surface area contributed by atoms with Crippen LogP contribution in [0.1, 0.15) is 0 Å². The highest BCUT2D eigenvalue weighted by Crippen LogP contribution is 2.27. The molecule has 1 saturated heterocycles. The Morgan fingerprint density at radius 2 is 1.78 bits per heavy atom. The molecule has 5 rings (SSSR count). The van der Waals surface area contributed by atoms with Crippen LogP contribution in [0, 0.1) is 5.82 Å². The van der Waals surface area contributed by atoms with E-state index in [2.05, 4.69) is 46.2 Å². The molecule has 0 aliphatic carbocycles. The number of halogens is 2. The van der Waals surface area contributed by atoms with E-state index >= 15 is 0 Å². The Kier molecular flexibility index (Phi) is 5.78. The minimum Gasteiger partial charge on any atom is -0.378 e. The molecular weight excluding hydrogens is 477 g/mol. The molecule has 0 amide bonds. The van der Waals surface area contributed by atoms with Crippen LogP contribution in [0.5, 0.6) is 0 Å². The molecule has 8 nitrogen and oxygen atoms in total. The molecule has 0 atom stereocenters. The summed E-state index contributed by atoms with van der Waals surface area (Å²) in [4.78, 5) is 15.1. The third kappa shape index (κ3) is 4.61. The second-order valence-electron chi connectivity index (χ2n) is 7.19. The van der Waals surface area contributed by atoms with Crippen LogP contribution in [0.3, 0.4) is 0 Å². The molecule has 0 radical (unpaired) electrons. The Bertz CT molecular complexity index is 1230. The van der Waals surface area contributed by atoms with Crippen LogP contribution in [0.4, 0.5) is 21.7 Å². The van der Waals surface area contributed by atoms with Crippen molar-refractivity contribution in [3.63, 3.8) is 0 Å². The molecule has 1 aliphatic rings. The van der Waals surface area contributed by atoms with Gasteiger partial charge in [0.2, 0.25) is 10.7 Å². The van der Waals surface area contributed by atoms with Crippen molar-refractivity contribution in [2.45, 2.75) is 0 Å². The number of anilines is 3. The van der Waals surface area contributed by atoms with Gasteiger partial charge in [0.1, 0.15) is 12.1 Å². The molecule has 2 aromatic carbocycles. The van der Waals surface area contributed by atoms with Gasteiger partial charge in [-0.15, -0.1) is 5.10 Å². The van der Waals surface area contributed by atoms with Gasteiger partial charge in [-0.25, -0.2) is 24.0 Å². The summed E-state index contributed by atoms with van der Waals surface area (Å²) in [5, 5.41) is 7.42. The first-order valence-electron chi connectivity index (χ1n) is 10.1. The van der Waals surface area contributed by atoms with E-state index in [9.17, 15) is 4.39 Å². The van der Waals surface area contributed by atoms with Crippen LogP contribution in [0.25, 0.3) is 16.9 Å². The first-order chi connectivity index (χ1) is 15.6. The van der Waals surface area contributed by atoms with Gasteiger partial charge in [0, 0.05) is 36.2 Å². The van der Waals surface area contributed by atoms with Crippen molar-refractivity contribution < 1.29 is 9.13 Å². The minimum absolute atomic E-state index is 0.299. The molecule has 162 valence electrons. The van der Waals surface area contributed by atoms with Gasteiger partial charge in [-0.3, -0.25) is 0 Å². The second-order valence-corrected chi connectivity index (χ2v) is 7.90. The molecule has 0 unspecified atom stereocenters. The zero-order chi connectivity index (χ0) is 21.9. The van der Waals surface area contributed by atoms with E-state index in [-0.39, 0.29) is 5.82 Å². The van der Waals surface area contributed by atoms with E-state index in [1.807, 2.05) is 30.3 Å². The number of rotatable bonds is 5. The Labute approximate surface area is 192 Å². The van der Waals surface area contributed by atoms with Crippen molar-refractivity contribution in [3.05, 3.63) is 71.6 Å². The molecular formula is C22H19BrFN7O. The molecule has 10 heteroatoms. The highest BCUT2D eigenvalue weighted by Gasteiger charge is 2.14. The SMILES string of the molecule is Fc1cc(-c2ccnc(Nc3ccc(-n4cnc(Br)n4)cc3)n2)cc(N2CCOCC2)c1. The molecule has 0 saturated carbocycles. The first kappa shape index (κ1) is 20.5. The molecule has 32 heavy (non-hydrogen) atoms. The molecule has 2 aromatic heterocycles. The van der Waals surface area contributed by atoms with Crippen LogP contribution in [0.15, 0.2) is 65.8 Å². The fourth-order valence-corrected chi connectivity index (χ4v) is 3.76. The predicted octanol–water partition coefficient (Wildman–Crippen LogP) is 4.21. The quantitative estimate of drug-likeness (QED) is 0.444. The summed E-state index contributed by atoms with van der Waals surface area (Å²) in [5.74, 6) is 0.128. The summed E-state index contributed by atoms with van der Waals surface area (Å²) >= 11 is 3.24. The maximum atomic E-state index is 14.4. The molecule has 1 fully saturated rings. The third-order valence-electron chi connectivity index (χ3n) is 5.06. The predicted molar refractivity (Wildman–Crippen MR) is 123 cm³/mol. The number of benzene rings is 2. The molecule has 0 bridgehead atoms. The monoisotopic (exact) mass is 495 g/mol. The smallest absolute Gasteiger partial charge is 0.227 e. The third-order valence-corrected chi connectivity index (χ3v) is 5.43. The van der Waals surface area contributed by atoms with Crippen LogP contribution >= 0.6 is 15.9 Å². The summed E-state index contributed by atoms with van der Waals surface area (Å²) in [6.07, 6.45) is 3.29. The van der Waals surface area contributed by atoms with Crippen molar-refractivity contribution in [2.24, 2.45) is 0 Å². The normalized spacial score (nSPS) is 13.9. The lowest BCUT2D eigenvalue weighted by atomic mass is 10.1. The minimum atomic E-state index is -0.299. The van der Waals surface area contributed by atoms with Gasteiger partial charge in [0.15, 0.2) is 0 Å². The van der Waals surface area contributed by atoms with Crippen molar-refractivity contribution in [1.82, 2.24) is 24.7 Å².